The van der Waals surface area contributed by atoms with Gasteiger partial charge in [-0.25, -0.2) is 4.99 Å². The first-order valence-electron chi connectivity index (χ1n) is 12.3. The van der Waals surface area contributed by atoms with E-state index in [4.69, 9.17) is 21.1 Å². The monoisotopic (exact) mass is 561 g/mol. The van der Waals surface area contributed by atoms with E-state index in [9.17, 15) is 9.59 Å². The molecule has 1 unspecified atom stereocenters. The van der Waals surface area contributed by atoms with Gasteiger partial charge in [-0.05, 0) is 81.8 Å². The fourth-order valence-corrected chi connectivity index (χ4v) is 6.34. The number of aromatic nitrogens is 2. The molecule has 1 aliphatic rings. The molecule has 0 saturated heterocycles. The smallest absolute Gasteiger partial charge is 0.271 e. The highest BCUT2D eigenvalue weighted by atomic mass is 35.5. The third-order valence-electron chi connectivity index (χ3n) is 6.98. The van der Waals surface area contributed by atoms with Crippen molar-refractivity contribution in [3.05, 3.63) is 107 Å². The van der Waals surface area contributed by atoms with E-state index in [1.54, 1.807) is 37.8 Å². The third kappa shape index (κ3) is 4.64. The Balaban J connectivity index is 1.71. The van der Waals surface area contributed by atoms with Crippen molar-refractivity contribution in [3.63, 3.8) is 0 Å². The molecule has 0 N–H and O–H groups in total. The van der Waals surface area contributed by atoms with Crippen LogP contribution in [-0.4, -0.2) is 29.1 Å². The van der Waals surface area contributed by atoms with Crippen LogP contribution < -0.4 is 24.4 Å². The minimum absolute atomic E-state index is 0.153. The molecular weight excluding hydrogens is 534 g/mol. The number of rotatable bonds is 6. The van der Waals surface area contributed by atoms with Crippen molar-refractivity contribution < 1.29 is 14.3 Å². The van der Waals surface area contributed by atoms with Crippen LogP contribution in [-0.2, 0) is 4.79 Å². The van der Waals surface area contributed by atoms with E-state index in [0.29, 0.717) is 42.7 Å². The molecule has 0 amide bonds. The highest BCUT2D eigenvalue weighted by Gasteiger charge is 2.32. The summed E-state index contributed by atoms with van der Waals surface area (Å²) in [6.45, 7) is 7.35. The van der Waals surface area contributed by atoms with Gasteiger partial charge in [-0.1, -0.05) is 22.9 Å². The van der Waals surface area contributed by atoms with E-state index in [2.05, 4.69) is 15.6 Å². The number of benzene rings is 2. The van der Waals surface area contributed by atoms with Gasteiger partial charge in [0.25, 0.3) is 5.56 Å². The number of halogens is 1. The predicted molar refractivity (Wildman–Crippen MR) is 154 cm³/mol. The summed E-state index contributed by atoms with van der Waals surface area (Å²) in [6, 6.07) is 14.4. The molecule has 0 fully saturated rings. The molecule has 2 aromatic heterocycles. The number of thiazole rings is 1. The van der Waals surface area contributed by atoms with Gasteiger partial charge < -0.3 is 14.0 Å². The number of Topliss-reactive ketones (excluding diaryl/α,β-unsaturated/α-hetero) is 1. The molecule has 200 valence electrons. The summed E-state index contributed by atoms with van der Waals surface area (Å²) in [7, 11) is 3.13. The van der Waals surface area contributed by atoms with E-state index in [0.717, 1.165) is 22.6 Å². The molecule has 0 spiro atoms. The lowest BCUT2D eigenvalue weighted by molar-refractivity contribution is -0.114. The highest BCUT2D eigenvalue weighted by Crippen LogP contribution is 2.37. The molecule has 9 heteroatoms. The average Bonchev–Trinajstić information content (AvgIpc) is 3.37. The van der Waals surface area contributed by atoms with Crippen molar-refractivity contribution in [2.45, 2.75) is 33.7 Å². The lowest BCUT2D eigenvalue weighted by Crippen LogP contribution is -2.39. The number of ether oxygens (including phenoxy) is 2. The molecule has 1 aliphatic heterocycles. The number of hydrogen-bond acceptors (Lipinski definition) is 6. The van der Waals surface area contributed by atoms with Gasteiger partial charge in [-0.2, -0.15) is 0 Å². The Kier molecular flexibility index (Phi) is 7.09. The van der Waals surface area contributed by atoms with Gasteiger partial charge in [-0.15, -0.1) is 0 Å². The van der Waals surface area contributed by atoms with Gasteiger partial charge in [0.05, 0.1) is 24.8 Å². The summed E-state index contributed by atoms with van der Waals surface area (Å²) < 4.78 is 15.3. The van der Waals surface area contributed by atoms with Crippen LogP contribution in [0.25, 0.3) is 11.8 Å². The SMILES string of the molecule is COc1ccc(C2C(C(C)=O)=C(C)N=c3sc(=Cc4cc(C)n(-c5ccc(Cl)cc5)c4C)c(=O)n32)c(OC)c1. The van der Waals surface area contributed by atoms with Gasteiger partial charge >= 0.3 is 0 Å². The minimum atomic E-state index is -0.678. The topological polar surface area (TPSA) is 74.8 Å². The first-order valence-corrected chi connectivity index (χ1v) is 13.5. The number of carbonyl (C=O) groups excluding carboxylic acids is 1. The third-order valence-corrected chi connectivity index (χ3v) is 8.21. The van der Waals surface area contributed by atoms with Crippen molar-refractivity contribution in [1.82, 2.24) is 9.13 Å². The quantitative estimate of drug-likeness (QED) is 0.335. The van der Waals surface area contributed by atoms with E-state index in [1.165, 1.54) is 18.3 Å². The molecule has 0 saturated carbocycles. The Morgan fingerprint density at radius 1 is 1.05 bits per heavy atom. The number of fused-ring (bicyclic) bond motifs is 1. The first kappa shape index (κ1) is 26.7. The number of carbonyl (C=O) groups is 1. The predicted octanol–water partition coefficient (Wildman–Crippen LogP) is 4.90. The fraction of sp³-hybridized carbons (Fsp3) is 0.233. The van der Waals surface area contributed by atoms with Crippen molar-refractivity contribution >= 4 is 34.8 Å². The lowest BCUT2D eigenvalue weighted by Gasteiger charge is -2.26. The van der Waals surface area contributed by atoms with Crippen LogP contribution in [0.15, 0.2) is 69.6 Å². The summed E-state index contributed by atoms with van der Waals surface area (Å²) >= 11 is 7.40. The van der Waals surface area contributed by atoms with Crippen molar-refractivity contribution in [3.8, 4) is 17.2 Å². The maximum Gasteiger partial charge on any atom is 0.271 e. The van der Waals surface area contributed by atoms with E-state index in [-0.39, 0.29) is 11.3 Å². The molecule has 7 nitrogen and oxygen atoms in total. The summed E-state index contributed by atoms with van der Waals surface area (Å²) in [5.41, 5.74) is 5.45. The summed E-state index contributed by atoms with van der Waals surface area (Å²) in [5, 5.41) is 0.672. The van der Waals surface area contributed by atoms with Gasteiger partial charge in [0.2, 0.25) is 0 Å². The Bertz CT molecular complexity index is 1830. The molecule has 5 rings (SSSR count). The standard InChI is InChI=1S/C30H28ClN3O4S/c1-16-13-20(18(3)33(16)22-9-7-21(31)8-10-22)14-26-29(36)34-28(24-12-11-23(37-5)15-25(24)38-6)27(19(4)35)17(2)32-30(34)39-26/h7-15,28H,1-6H3. The van der Waals surface area contributed by atoms with Gasteiger partial charge in [0.15, 0.2) is 10.6 Å². The van der Waals surface area contributed by atoms with Gasteiger partial charge in [0, 0.05) is 45.0 Å². The summed E-state index contributed by atoms with van der Waals surface area (Å²) in [4.78, 5) is 32.0. The molecule has 0 radical (unpaired) electrons. The summed E-state index contributed by atoms with van der Waals surface area (Å²) in [5.74, 6) is 0.984. The number of ketones is 1. The Morgan fingerprint density at radius 3 is 2.41 bits per heavy atom. The van der Waals surface area contributed by atoms with Crippen LogP contribution in [0.3, 0.4) is 0 Å². The average molecular weight is 562 g/mol. The molecule has 1 atom stereocenters. The van der Waals surface area contributed by atoms with Crippen molar-refractivity contribution in [2.24, 2.45) is 4.99 Å². The van der Waals surface area contributed by atoms with E-state index < -0.39 is 6.04 Å². The van der Waals surface area contributed by atoms with Crippen molar-refractivity contribution in [2.75, 3.05) is 14.2 Å². The first-order chi connectivity index (χ1) is 18.6. The fourth-order valence-electron chi connectivity index (χ4n) is 5.17. The molecule has 4 aromatic rings. The zero-order chi connectivity index (χ0) is 28.0. The maximum atomic E-state index is 14.0. The maximum absolute atomic E-state index is 14.0. The van der Waals surface area contributed by atoms with Crippen molar-refractivity contribution in [1.29, 1.82) is 0 Å². The molecular formula is C30H28ClN3O4S. The highest BCUT2D eigenvalue weighted by molar-refractivity contribution is 7.07. The van der Waals surface area contributed by atoms with Gasteiger partial charge in [0.1, 0.15) is 11.5 Å². The second-order valence-corrected chi connectivity index (χ2v) is 10.8. The second kappa shape index (κ2) is 10.4. The van der Waals surface area contributed by atoms with Crippen LogP contribution in [0, 0.1) is 13.8 Å². The second-order valence-electron chi connectivity index (χ2n) is 9.38. The number of nitrogens with zero attached hydrogens (tertiary/aromatic N) is 3. The number of aryl methyl sites for hydroxylation is 1. The molecule has 2 aromatic carbocycles. The number of hydrogen-bond donors (Lipinski definition) is 0. The lowest BCUT2D eigenvalue weighted by atomic mass is 9.92. The van der Waals surface area contributed by atoms with Crippen LogP contribution >= 0.6 is 22.9 Å². The van der Waals surface area contributed by atoms with E-state index in [1.807, 2.05) is 50.3 Å². The Morgan fingerprint density at radius 2 is 1.77 bits per heavy atom. The number of allylic oxidation sites excluding steroid dienone is 2. The van der Waals surface area contributed by atoms with Crippen LogP contribution in [0.5, 0.6) is 11.5 Å². The molecule has 0 bridgehead atoms. The molecule has 0 aliphatic carbocycles. The van der Waals surface area contributed by atoms with Crippen LogP contribution in [0.1, 0.15) is 42.4 Å². The Labute approximate surface area is 234 Å². The van der Waals surface area contributed by atoms with Gasteiger partial charge in [-0.3, -0.25) is 14.2 Å². The van der Waals surface area contributed by atoms with Crippen LogP contribution in [0.2, 0.25) is 5.02 Å². The Hall–Kier alpha value is -3.88. The molecule has 3 heterocycles. The van der Waals surface area contributed by atoms with E-state index >= 15 is 0 Å². The normalized spacial score (nSPS) is 15.3. The summed E-state index contributed by atoms with van der Waals surface area (Å²) in [6.07, 6.45) is 1.90. The largest absolute Gasteiger partial charge is 0.497 e. The molecule has 39 heavy (non-hydrogen) atoms. The zero-order valence-corrected chi connectivity index (χ0v) is 24.1. The van der Waals surface area contributed by atoms with Crippen LogP contribution in [0.4, 0.5) is 0 Å². The minimum Gasteiger partial charge on any atom is -0.497 e. The zero-order valence-electron chi connectivity index (χ0n) is 22.5. The number of methoxy groups -OCH3 is 2.